The van der Waals surface area contributed by atoms with Gasteiger partial charge in [0.05, 0.1) is 12.1 Å². The van der Waals surface area contributed by atoms with Gasteiger partial charge in [-0.1, -0.05) is 20.3 Å². The molecular weight excluding hydrogens is 228 g/mol. The number of hydrogen-bond donors (Lipinski definition) is 2. The molecule has 0 heterocycles. The van der Waals surface area contributed by atoms with Crippen LogP contribution in [0.4, 0.5) is 0 Å². The van der Waals surface area contributed by atoms with Gasteiger partial charge in [0.1, 0.15) is 0 Å². The summed E-state index contributed by atoms with van der Waals surface area (Å²) in [7, 11) is 3.88. The third-order valence-corrected chi connectivity index (χ3v) is 3.78. The fourth-order valence-corrected chi connectivity index (χ4v) is 2.93. The van der Waals surface area contributed by atoms with Crippen molar-refractivity contribution < 1.29 is 9.90 Å². The smallest absolute Gasteiger partial charge is 0.237 e. The SMILES string of the molecule is CC(C)C(C(=O)NCC1CCCC(O)C1)N(C)C. The summed E-state index contributed by atoms with van der Waals surface area (Å²) in [6.45, 7) is 4.83. The molecule has 0 saturated heterocycles. The van der Waals surface area contributed by atoms with E-state index in [-0.39, 0.29) is 18.1 Å². The molecule has 1 saturated carbocycles. The van der Waals surface area contributed by atoms with Crippen molar-refractivity contribution in [3.63, 3.8) is 0 Å². The van der Waals surface area contributed by atoms with E-state index in [0.717, 1.165) is 25.7 Å². The van der Waals surface area contributed by atoms with E-state index in [2.05, 4.69) is 19.2 Å². The third kappa shape index (κ3) is 4.58. The molecule has 0 aromatic heterocycles. The van der Waals surface area contributed by atoms with E-state index >= 15 is 0 Å². The molecule has 0 bridgehead atoms. The minimum absolute atomic E-state index is 0.0708. The summed E-state index contributed by atoms with van der Waals surface area (Å²) in [6, 6.07) is -0.0708. The summed E-state index contributed by atoms with van der Waals surface area (Å²) in [6.07, 6.45) is 3.76. The van der Waals surface area contributed by atoms with Gasteiger partial charge in [0.25, 0.3) is 0 Å². The number of aliphatic hydroxyl groups is 1. The van der Waals surface area contributed by atoms with Crippen LogP contribution in [0.15, 0.2) is 0 Å². The van der Waals surface area contributed by atoms with Crippen molar-refractivity contribution in [2.75, 3.05) is 20.6 Å². The molecule has 0 spiro atoms. The lowest BCUT2D eigenvalue weighted by atomic mass is 9.87. The van der Waals surface area contributed by atoms with Crippen molar-refractivity contribution in [1.29, 1.82) is 0 Å². The molecule has 3 atom stereocenters. The van der Waals surface area contributed by atoms with Crippen LogP contribution in [0.1, 0.15) is 39.5 Å². The summed E-state index contributed by atoms with van der Waals surface area (Å²) in [5, 5.41) is 12.7. The number of aliphatic hydroxyl groups excluding tert-OH is 1. The van der Waals surface area contributed by atoms with Crippen LogP contribution in [-0.2, 0) is 4.79 Å². The van der Waals surface area contributed by atoms with Gasteiger partial charge >= 0.3 is 0 Å². The second kappa shape index (κ2) is 7.10. The molecule has 1 fully saturated rings. The lowest BCUT2D eigenvalue weighted by molar-refractivity contribution is -0.127. The van der Waals surface area contributed by atoms with E-state index in [9.17, 15) is 9.90 Å². The number of carbonyl (C=O) groups is 1. The van der Waals surface area contributed by atoms with Crippen molar-refractivity contribution in [2.45, 2.75) is 51.7 Å². The molecule has 0 radical (unpaired) electrons. The van der Waals surface area contributed by atoms with E-state index in [0.29, 0.717) is 18.4 Å². The monoisotopic (exact) mass is 256 g/mol. The molecule has 1 aliphatic carbocycles. The Kier molecular flexibility index (Phi) is 6.09. The number of carbonyl (C=O) groups excluding carboxylic acids is 1. The molecule has 2 N–H and O–H groups in total. The average molecular weight is 256 g/mol. The first-order chi connectivity index (χ1) is 8.41. The zero-order valence-corrected chi connectivity index (χ0v) is 12.1. The molecule has 4 nitrogen and oxygen atoms in total. The standard InChI is InChI=1S/C14H28N2O2/c1-10(2)13(16(3)4)14(18)15-9-11-6-5-7-12(17)8-11/h10-13,17H,5-9H2,1-4H3,(H,15,18). The van der Waals surface area contributed by atoms with Crippen molar-refractivity contribution in [3.8, 4) is 0 Å². The Balaban J connectivity index is 2.39. The topological polar surface area (TPSA) is 52.6 Å². The predicted molar refractivity (Wildman–Crippen MR) is 73.3 cm³/mol. The molecule has 0 aliphatic heterocycles. The molecule has 1 rings (SSSR count). The average Bonchev–Trinajstić information content (AvgIpc) is 2.25. The highest BCUT2D eigenvalue weighted by Crippen LogP contribution is 2.23. The van der Waals surface area contributed by atoms with Crippen LogP contribution in [0.3, 0.4) is 0 Å². The van der Waals surface area contributed by atoms with Crippen LogP contribution in [-0.4, -0.2) is 48.7 Å². The summed E-state index contributed by atoms with van der Waals surface area (Å²) in [4.78, 5) is 14.1. The maximum atomic E-state index is 12.1. The maximum Gasteiger partial charge on any atom is 0.237 e. The first-order valence-corrected chi connectivity index (χ1v) is 7.04. The fourth-order valence-electron chi connectivity index (χ4n) is 2.93. The van der Waals surface area contributed by atoms with E-state index in [1.54, 1.807) is 0 Å². The van der Waals surface area contributed by atoms with Gasteiger partial charge < -0.3 is 10.4 Å². The number of hydrogen-bond acceptors (Lipinski definition) is 3. The summed E-state index contributed by atoms with van der Waals surface area (Å²) in [5.41, 5.74) is 0. The molecular formula is C14H28N2O2. The largest absolute Gasteiger partial charge is 0.393 e. The Bertz CT molecular complexity index is 259. The van der Waals surface area contributed by atoms with Crippen LogP contribution in [0.25, 0.3) is 0 Å². The van der Waals surface area contributed by atoms with Gasteiger partial charge in [-0.05, 0) is 45.2 Å². The van der Waals surface area contributed by atoms with Crippen molar-refractivity contribution in [1.82, 2.24) is 10.2 Å². The van der Waals surface area contributed by atoms with Crippen LogP contribution in [0, 0.1) is 11.8 Å². The van der Waals surface area contributed by atoms with E-state index in [1.807, 2.05) is 19.0 Å². The highest BCUT2D eigenvalue weighted by atomic mass is 16.3. The minimum Gasteiger partial charge on any atom is -0.393 e. The van der Waals surface area contributed by atoms with E-state index < -0.39 is 0 Å². The van der Waals surface area contributed by atoms with Crippen LogP contribution < -0.4 is 5.32 Å². The molecule has 0 aromatic carbocycles. The zero-order valence-electron chi connectivity index (χ0n) is 12.1. The maximum absolute atomic E-state index is 12.1. The first kappa shape index (κ1) is 15.4. The van der Waals surface area contributed by atoms with Crippen LogP contribution in [0.5, 0.6) is 0 Å². The number of rotatable bonds is 5. The van der Waals surface area contributed by atoms with Crippen molar-refractivity contribution in [2.24, 2.45) is 11.8 Å². The van der Waals surface area contributed by atoms with Gasteiger partial charge in [0.15, 0.2) is 0 Å². The molecule has 18 heavy (non-hydrogen) atoms. The Morgan fingerprint density at radius 3 is 2.56 bits per heavy atom. The second-order valence-electron chi connectivity index (χ2n) is 6.08. The molecule has 4 heteroatoms. The minimum atomic E-state index is -0.171. The molecule has 3 unspecified atom stereocenters. The van der Waals surface area contributed by atoms with Gasteiger partial charge in [-0.25, -0.2) is 0 Å². The summed E-state index contributed by atoms with van der Waals surface area (Å²) >= 11 is 0. The summed E-state index contributed by atoms with van der Waals surface area (Å²) < 4.78 is 0. The quantitative estimate of drug-likeness (QED) is 0.778. The Morgan fingerprint density at radius 2 is 2.06 bits per heavy atom. The lowest BCUT2D eigenvalue weighted by Gasteiger charge is -2.29. The Labute approximate surface area is 111 Å². The fraction of sp³-hybridized carbons (Fsp3) is 0.929. The third-order valence-electron chi connectivity index (χ3n) is 3.78. The first-order valence-electron chi connectivity index (χ1n) is 7.04. The number of amides is 1. The predicted octanol–water partition coefficient (Wildman–Crippen LogP) is 1.24. The highest BCUT2D eigenvalue weighted by Gasteiger charge is 2.26. The van der Waals surface area contributed by atoms with Crippen LogP contribution in [0.2, 0.25) is 0 Å². The number of nitrogens with zero attached hydrogens (tertiary/aromatic N) is 1. The second-order valence-corrected chi connectivity index (χ2v) is 6.08. The lowest BCUT2D eigenvalue weighted by Crippen LogP contribution is -2.48. The van der Waals surface area contributed by atoms with E-state index in [4.69, 9.17) is 0 Å². The Morgan fingerprint density at radius 1 is 1.39 bits per heavy atom. The van der Waals surface area contributed by atoms with Gasteiger partial charge in [-0.15, -0.1) is 0 Å². The van der Waals surface area contributed by atoms with Gasteiger partial charge in [0.2, 0.25) is 5.91 Å². The zero-order chi connectivity index (χ0) is 13.7. The molecule has 1 amide bonds. The highest BCUT2D eigenvalue weighted by molar-refractivity contribution is 5.81. The number of nitrogens with one attached hydrogen (secondary N) is 1. The van der Waals surface area contributed by atoms with Crippen molar-refractivity contribution in [3.05, 3.63) is 0 Å². The van der Waals surface area contributed by atoms with Crippen LogP contribution >= 0.6 is 0 Å². The molecule has 106 valence electrons. The Hall–Kier alpha value is -0.610. The van der Waals surface area contributed by atoms with Gasteiger partial charge in [-0.2, -0.15) is 0 Å². The van der Waals surface area contributed by atoms with Gasteiger partial charge in [-0.3, -0.25) is 9.69 Å². The number of likely N-dealkylation sites (N-methyl/N-ethyl adjacent to an activating group) is 1. The van der Waals surface area contributed by atoms with Crippen molar-refractivity contribution >= 4 is 5.91 Å². The molecule has 0 aromatic rings. The molecule has 1 aliphatic rings. The summed E-state index contributed by atoms with van der Waals surface area (Å²) in [5.74, 6) is 0.847. The van der Waals surface area contributed by atoms with Gasteiger partial charge in [0, 0.05) is 6.54 Å². The normalized spacial score (nSPS) is 26.4. The van der Waals surface area contributed by atoms with E-state index in [1.165, 1.54) is 0 Å².